The van der Waals surface area contributed by atoms with Gasteiger partial charge in [-0.3, -0.25) is 14.9 Å². The molecule has 0 atom stereocenters. The molecular weight excluding hydrogens is 334 g/mol. The van der Waals surface area contributed by atoms with E-state index in [0.717, 1.165) is 0 Å². The average molecular weight is 349 g/mol. The van der Waals surface area contributed by atoms with Gasteiger partial charge in [0, 0.05) is 34.8 Å². The Bertz CT molecular complexity index is 1090. The summed E-state index contributed by atoms with van der Waals surface area (Å²) >= 11 is 0. The molecule has 0 fully saturated rings. The molecule has 0 unspecified atom stereocenters. The predicted octanol–water partition coefficient (Wildman–Crippen LogP) is 4.10. The third-order valence-electron chi connectivity index (χ3n) is 3.82. The van der Waals surface area contributed by atoms with E-state index in [1.165, 1.54) is 24.4 Å². The lowest BCUT2D eigenvalue weighted by Gasteiger charge is -2.13. The minimum absolute atomic E-state index is 0.0524. The van der Waals surface area contributed by atoms with Crippen LogP contribution in [-0.4, -0.2) is 16.1 Å². The molecule has 0 spiro atoms. The molecule has 2 aromatic carbocycles. The molecule has 0 radical (unpaired) electrons. The van der Waals surface area contributed by atoms with Crippen LogP contribution >= 0.6 is 0 Å². The van der Waals surface area contributed by atoms with Crippen molar-refractivity contribution in [2.75, 3.05) is 0 Å². The number of hydrogen-bond acceptors (Lipinski definition) is 5. The van der Waals surface area contributed by atoms with Gasteiger partial charge in [-0.15, -0.1) is 0 Å². The van der Waals surface area contributed by atoms with Gasteiger partial charge in [-0.25, -0.2) is 0 Å². The van der Waals surface area contributed by atoms with Crippen LogP contribution in [0.15, 0.2) is 65.1 Å². The number of oxime groups is 1. The topological polar surface area (TPSA) is 97.6 Å². The van der Waals surface area contributed by atoms with E-state index in [0.29, 0.717) is 22.0 Å². The maximum atomic E-state index is 12.7. The molecular formula is C19H15N3O4. The summed E-state index contributed by atoms with van der Waals surface area (Å²) in [5.74, 6) is 0.0524. The number of nitro benzene ring substituents is 1. The van der Waals surface area contributed by atoms with E-state index < -0.39 is 10.5 Å². The number of rotatable bonds is 5. The van der Waals surface area contributed by atoms with Crippen molar-refractivity contribution < 1.29 is 9.76 Å². The molecule has 0 saturated carbocycles. The van der Waals surface area contributed by atoms with Crippen molar-refractivity contribution in [1.82, 2.24) is 4.98 Å². The van der Waals surface area contributed by atoms with Gasteiger partial charge in [-0.1, -0.05) is 42.1 Å². The first-order valence-electron chi connectivity index (χ1n) is 7.77. The Morgan fingerprint density at radius 2 is 2.00 bits per heavy atom. The minimum atomic E-state index is -0.480. The molecule has 1 heterocycles. The fourth-order valence-electron chi connectivity index (χ4n) is 2.73. The number of nitrogens with zero attached hydrogens (tertiary/aromatic N) is 2. The van der Waals surface area contributed by atoms with Gasteiger partial charge in [0.2, 0.25) is 0 Å². The van der Waals surface area contributed by atoms with Gasteiger partial charge in [-0.2, -0.15) is 0 Å². The number of aromatic nitrogens is 1. The summed E-state index contributed by atoms with van der Waals surface area (Å²) in [6, 6.07) is 13.4. The SMILES string of the molecule is C=C(O/N=C/C)c1c(-c2ccccc2)c2cc([N+](=O)[O-])ccc2[nH]c1=O. The van der Waals surface area contributed by atoms with E-state index in [4.69, 9.17) is 4.84 Å². The zero-order valence-electron chi connectivity index (χ0n) is 13.9. The smallest absolute Gasteiger partial charge is 0.270 e. The fraction of sp³-hybridized carbons (Fsp3) is 0.0526. The molecule has 0 aliphatic heterocycles. The van der Waals surface area contributed by atoms with Crippen LogP contribution < -0.4 is 5.56 Å². The molecule has 3 aromatic rings. The number of H-pyrrole nitrogens is 1. The maximum Gasteiger partial charge on any atom is 0.270 e. The number of hydrogen-bond donors (Lipinski definition) is 1. The van der Waals surface area contributed by atoms with E-state index in [2.05, 4.69) is 16.7 Å². The van der Waals surface area contributed by atoms with Crippen molar-refractivity contribution in [2.45, 2.75) is 6.92 Å². The highest BCUT2D eigenvalue weighted by molar-refractivity contribution is 6.00. The maximum absolute atomic E-state index is 12.7. The second kappa shape index (κ2) is 7.02. The Balaban J connectivity index is 2.41. The first-order chi connectivity index (χ1) is 12.5. The highest BCUT2D eigenvalue weighted by Gasteiger charge is 2.20. The Labute approximate surface area is 148 Å². The van der Waals surface area contributed by atoms with E-state index in [1.54, 1.807) is 6.92 Å². The Hall–Kier alpha value is -3.74. The molecule has 0 aliphatic carbocycles. The lowest BCUT2D eigenvalue weighted by molar-refractivity contribution is -0.384. The number of aromatic amines is 1. The molecule has 0 amide bonds. The number of benzene rings is 2. The van der Waals surface area contributed by atoms with Gasteiger partial charge in [0.25, 0.3) is 11.2 Å². The van der Waals surface area contributed by atoms with Gasteiger partial charge in [-0.05, 0) is 18.6 Å². The van der Waals surface area contributed by atoms with Crippen molar-refractivity contribution in [3.63, 3.8) is 0 Å². The van der Waals surface area contributed by atoms with Gasteiger partial charge in [0.15, 0.2) is 5.76 Å². The number of non-ortho nitro benzene ring substituents is 1. The Morgan fingerprint density at radius 1 is 1.27 bits per heavy atom. The van der Waals surface area contributed by atoms with Gasteiger partial charge in [0.05, 0.1) is 10.5 Å². The number of nitro groups is 1. The number of nitrogens with one attached hydrogen (secondary N) is 1. The minimum Gasteiger partial charge on any atom is -0.357 e. The Morgan fingerprint density at radius 3 is 2.65 bits per heavy atom. The van der Waals surface area contributed by atoms with Crippen molar-refractivity contribution in [1.29, 1.82) is 0 Å². The van der Waals surface area contributed by atoms with Crippen LogP contribution in [-0.2, 0) is 4.84 Å². The highest BCUT2D eigenvalue weighted by Crippen LogP contribution is 2.34. The van der Waals surface area contributed by atoms with Crippen LogP contribution in [0.5, 0.6) is 0 Å². The molecule has 1 aromatic heterocycles. The lowest BCUT2D eigenvalue weighted by atomic mass is 9.95. The van der Waals surface area contributed by atoms with Crippen LogP contribution in [0, 0.1) is 10.1 Å². The molecule has 3 rings (SSSR count). The monoisotopic (exact) mass is 349 g/mol. The van der Waals surface area contributed by atoms with Crippen LogP contribution in [0.2, 0.25) is 0 Å². The molecule has 7 heteroatoms. The third-order valence-corrected chi connectivity index (χ3v) is 3.82. The molecule has 7 nitrogen and oxygen atoms in total. The number of pyridine rings is 1. The van der Waals surface area contributed by atoms with Crippen molar-refractivity contribution in [3.8, 4) is 11.1 Å². The summed E-state index contributed by atoms with van der Waals surface area (Å²) in [6.45, 7) is 5.45. The second-order valence-corrected chi connectivity index (χ2v) is 5.44. The quantitative estimate of drug-likeness (QED) is 0.324. The molecule has 26 heavy (non-hydrogen) atoms. The van der Waals surface area contributed by atoms with Crippen LogP contribution in [0.25, 0.3) is 27.8 Å². The molecule has 0 saturated heterocycles. The van der Waals surface area contributed by atoms with Crippen molar-refractivity contribution >= 4 is 28.6 Å². The zero-order chi connectivity index (χ0) is 18.7. The summed E-state index contributed by atoms with van der Waals surface area (Å²) in [4.78, 5) is 31.3. The Kier molecular flexibility index (Phi) is 4.62. The summed E-state index contributed by atoms with van der Waals surface area (Å²) in [7, 11) is 0. The van der Waals surface area contributed by atoms with E-state index in [1.807, 2.05) is 30.3 Å². The van der Waals surface area contributed by atoms with Crippen LogP contribution in [0.3, 0.4) is 0 Å². The van der Waals surface area contributed by atoms with Crippen LogP contribution in [0.1, 0.15) is 12.5 Å². The summed E-state index contributed by atoms with van der Waals surface area (Å²) in [5, 5.41) is 15.4. The van der Waals surface area contributed by atoms with Gasteiger partial charge in [0.1, 0.15) is 0 Å². The third kappa shape index (κ3) is 3.10. The largest absolute Gasteiger partial charge is 0.357 e. The number of fused-ring (bicyclic) bond motifs is 1. The first kappa shape index (κ1) is 17.1. The standard InChI is InChI=1S/C19H15N3O4/c1-3-20-26-12(2)17-18(13-7-5-4-6-8-13)15-11-14(22(24)25)9-10-16(15)21-19(17)23/h3-11H,2H2,1H3,(H,21,23)/b20-3+. The fourth-order valence-corrected chi connectivity index (χ4v) is 2.73. The molecule has 0 aliphatic rings. The summed E-state index contributed by atoms with van der Waals surface area (Å²) in [5.41, 5.74) is 1.38. The average Bonchev–Trinajstić information content (AvgIpc) is 2.65. The zero-order valence-corrected chi connectivity index (χ0v) is 13.9. The van der Waals surface area contributed by atoms with E-state index in [-0.39, 0.29) is 17.0 Å². The molecule has 1 N–H and O–H groups in total. The normalized spacial score (nSPS) is 11.0. The lowest BCUT2D eigenvalue weighted by Crippen LogP contribution is -2.14. The molecule has 130 valence electrons. The summed E-state index contributed by atoms with van der Waals surface area (Å²) < 4.78 is 0. The predicted molar refractivity (Wildman–Crippen MR) is 101 cm³/mol. The first-order valence-corrected chi connectivity index (χ1v) is 7.77. The van der Waals surface area contributed by atoms with Crippen molar-refractivity contribution in [2.24, 2.45) is 5.16 Å². The molecule has 0 bridgehead atoms. The second-order valence-electron chi connectivity index (χ2n) is 5.44. The van der Waals surface area contributed by atoms with E-state index in [9.17, 15) is 14.9 Å². The van der Waals surface area contributed by atoms with Crippen LogP contribution in [0.4, 0.5) is 5.69 Å². The van der Waals surface area contributed by atoms with Crippen molar-refractivity contribution in [3.05, 3.63) is 81.1 Å². The highest BCUT2D eigenvalue weighted by atomic mass is 16.6. The van der Waals surface area contributed by atoms with Gasteiger partial charge >= 0.3 is 0 Å². The van der Waals surface area contributed by atoms with Gasteiger partial charge < -0.3 is 9.82 Å². The van der Waals surface area contributed by atoms with E-state index >= 15 is 0 Å². The summed E-state index contributed by atoms with van der Waals surface area (Å²) in [6.07, 6.45) is 1.42.